The Morgan fingerprint density at radius 1 is 1.41 bits per heavy atom. The monoisotopic (exact) mass is 269 g/mol. The number of nitrogens with two attached hydrogens (primary N) is 1. The number of benzene rings is 1. The molecule has 0 aliphatic rings. The van der Waals surface area contributed by atoms with Crippen molar-refractivity contribution in [3.05, 3.63) is 34.6 Å². The molecule has 2 aromatic rings. The van der Waals surface area contributed by atoms with Crippen molar-refractivity contribution in [2.45, 2.75) is 22.6 Å². The summed E-state index contributed by atoms with van der Waals surface area (Å²) in [6.07, 6.45) is 0.535. The van der Waals surface area contributed by atoms with Crippen molar-refractivity contribution >= 4 is 23.1 Å². The Labute approximate surface area is 107 Å². The third-order valence-electron chi connectivity index (χ3n) is 2.17. The van der Waals surface area contributed by atoms with Gasteiger partial charge in [0.15, 0.2) is 4.34 Å². The molecule has 1 aromatic heterocycles. The summed E-state index contributed by atoms with van der Waals surface area (Å²) < 4.78 is 14.5. The van der Waals surface area contributed by atoms with Gasteiger partial charge in [0.2, 0.25) is 0 Å². The highest BCUT2D eigenvalue weighted by molar-refractivity contribution is 8.01. The molecule has 0 atom stereocenters. The fourth-order valence-electron chi connectivity index (χ4n) is 1.44. The molecule has 1 aromatic carbocycles. The van der Waals surface area contributed by atoms with Gasteiger partial charge in [-0.3, -0.25) is 0 Å². The molecule has 0 fully saturated rings. The van der Waals surface area contributed by atoms with Crippen LogP contribution in [0.15, 0.2) is 27.4 Å². The van der Waals surface area contributed by atoms with Crippen LogP contribution in [0.1, 0.15) is 10.6 Å². The van der Waals surface area contributed by atoms with Gasteiger partial charge in [-0.15, -0.1) is 10.2 Å². The highest BCUT2D eigenvalue weighted by atomic mass is 32.2. The van der Waals surface area contributed by atoms with Crippen molar-refractivity contribution in [3.8, 4) is 0 Å². The summed E-state index contributed by atoms with van der Waals surface area (Å²) in [7, 11) is 0. The van der Waals surface area contributed by atoms with Crippen LogP contribution in [0.25, 0.3) is 0 Å². The lowest BCUT2D eigenvalue weighted by Gasteiger charge is -2.07. The van der Waals surface area contributed by atoms with E-state index in [-0.39, 0.29) is 5.82 Å². The van der Waals surface area contributed by atoms with Crippen LogP contribution in [-0.4, -0.2) is 16.7 Å². The minimum absolute atomic E-state index is 0.207. The standard InChI is InChI=1S/C11H12FN3S2/c1-7-14-15-11(16-7)17-10-4-2-3-9(12)8(10)5-6-13/h2-4H,5-6,13H2,1H3. The predicted molar refractivity (Wildman–Crippen MR) is 67.9 cm³/mol. The van der Waals surface area contributed by atoms with E-state index in [1.807, 2.05) is 13.0 Å². The van der Waals surface area contributed by atoms with E-state index in [9.17, 15) is 4.39 Å². The second kappa shape index (κ2) is 5.57. The Morgan fingerprint density at radius 2 is 2.24 bits per heavy atom. The summed E-state index contributed by atoms with van der Waals surface area (Å²) in [6, 6.07) is 5.04. The summed E-state index contributed by atoms with van der Waals surface area (Å²) in [6.45, 7) is 2.33. The van der Waals surface area contributed by atoms with Gasteiger partial charge in [-0.25, -0.2) is 4.39 Å². The minimum atomic E-state index is -0.207. The first kappa shape index (κ1) is 12.5. The van der Waals surface area contributed by atoms with Crippen LogP contribution in [-0.2, 0) is 6.42 Å². The second-order valence-corrected chi connectivity index (χ2v) is 5.91. The highest BCUT2D eigenvalue weighted by Gasteiger charge is 2.11. The molecular formula is C11H12FN3S2. The van der Waals surface area contributed by atoms with E-state index < -0.39 is 0 Å². The summed E-state index contributed by atoms with van der Waals surface area (Å²) in [5.41, 5.74) is 6.15. The fourth-order valence-corrected chi connectivity index (χ4v) is 3.39. The van der Waals surface area contributed by atoms with Gasteiger partial charge in [-0.1, -0.05) is 29.2 Å². The van der Waals surface area contributed by atoms with Crippen molar-refractivity contribution in [2.75, 3.05) is 6.54 Å². The molecule has 2 rings (SSSR count). The van der Waals surface area contributed by atoms with Gasteiger partial charge >= 0.3 is 0 Å². The zero-order chi connectivity index (χ0) is 12.3. The average molecular weight is 269 g/mol. The molecular weight excluding hydrogens is 257 g/mol. The lowest BCUT2D eigenvalue weighted by molar-refractivity contribution is 0.603. The number of hydrogen-bond donors (Lipinski definition) is 1. The molecule has 2 N–H and O–H groups in total. The summed E-state index contributed by atoms with van der Waals surface area (Å²) in [5, 5.41) is 8.87. The lowest BCUT2D eigenvalue weighted by atomic mass is 10.1. The predicted octanol–water partition coefficient (Wildman–Crippen LogP) is 2.64. The van der Waals surface area contributed by atoms with Crippen LogP contribution in [0, 0.1) is 12.7 Å². The maximum atomic E-state index is 13.6. The van der Waals surface area contributed by atoms with Crippen LogP contribution < -0.4 is 5.73 Å². The first-order valence-corrected chi connectivity index (χ1v) is 6.79. The molecule has 0 radical (unpaired) electrons. The van der Waals surface area contributed by atoms with Crippen molar-refractivity contribution in [2.24, 2.45) is 5.73 Å². The zero-order valence-corrected chi connectivity index (χ0v) is 10.9. The molecule has 0 saturated carbocycles. The second-order valence-electron chi connectivity index (χ2n) is 3.44. The number of nitrogens with zero attached hydrogens (tertiary/aromatic N) is 2. The van der Waals surface area contributed by atoms with Crippen molar-refractivity contribution in [1.29, 1.82) is 0 Å². The Hall–Kier alpha value is -0.980. The first-order valence-electron chi connectivity index (χ1n) is 5.16. The van der Waals surface area contributed by atoms with E-state index in [0.29, 0.717) is 18.5 Å². The number of hydrogen-bond acceptors (Lipinski definition) is 5. The van der Waals surface area contributed by atoms with Crippen molar-refractivity contribution in [3.63, 3.8) is 0 Å². The number of halogens is 1. The topological polar surface area (TPSA) is 51.8 Å². The third-order valence-corrected chi connectivity index (χ3v) is 4.17. The van der Waals surface area contributed by atoms with Gasteiger partial charge in [-0.2, -0.15) is 0 Å². The Kier molecular flexibility index (Phi) is 4.09. The van der Waals surface area contributed by atoms with Crippen LogP contribution >= 0.6 is 23.1 Å². The van der Waals surface area contributed by atoms with Gasteiger partial charge in [0, 0.05) is 10.5 Å². The zero-order valence-electron chi connectivity index (χ0n) is 9.31. The number of rotatable bonds is 4. The smallest absolute Gasteiger partial charge is 0.179 e. The molecule has 0 saturated heterocycles. The molecule has 3 nitrogen and oxygen atoms in total. The molecule has 0 spiro atoms. The van der Waals surface area contributed by atoms with Crippen LogP contribution in [0.4, 0.5) is 4.39 Å². The van der Waals surface area contributed by atoms with E-state index in [4.69, 9.17) is 5.73 Å². The SMILES string of the molecule is Cc1nnc(Sc2cccc(F)c2CCN)s1. The average Bonchev–Trinajstić information content (AvgIpc) is 2.69. The third kappa shape index (κ3) is 3.02. The molecule has 1 heterocycles. The van der Waals surface area contributed by atoms with Gasteiger partial charge in [0.1, 0.15) is 10.8 Å². The largest absolute Gasteiger partial charge is 0.330 e. The molecule has 0 aliphatic carbocycles. The number of aryl methyl sites for hydroxylation is 1. The van der Waals surface area contributed by atoms with Crippen LogP contribution in [0.3, 0.4) is 0 Å². The van der Waals surface area contributed by atoms with E-state index in [1.54, 1.807) is 6.07 Å². The summed E-state index contributed by atoms with van der Waals surface area (Å²) >= 11 is 2.94. The normalized spacial score (nSPS) is 10.8. The quantitative estimate of drug-likeness (QED) is 0.927. The highest BCUT2D eigenvalue weighted by Crippen LogP contribution is 2.33. The number of aromatic nitrogens is 2. The van der Waals surface area contributed by atoms with E-state index >= 15 is 0 Å². The summed E-state index contributed by atoms with van der Waals surface area (Å²) in [4.78, 5) is 0.867. The molecule has 0 unspecified atom stereocenters. The molecule has 0 amide bonds. The minimum Gasteiger partial charge on any atom is -0.330 e. The molecule has 0 bridgehead atoms. The van der Waals surface area contributed by atoms with Gasteiger partial charge in [-0.05, 0) is 32.0 Å². The maximum absolute atomic E-state index is 13.6. The Morgan fingerprint density at radius 3 is 2.88 bits per heavy atom. The van der Waals surface area contributed by atoms with E-state index in [2.05, 4.69) is 10.2 Å². The fraction of sp³-hybridized carbons (Fsp3) is 0.273. The van der Waals surface area contributed by atoms with Gasteiger partial charge < -0.3 is 5.73 Å². The molecule has 90 valence electrons. The van der Waals surface area contributed by atoms with E-state index in [0.717, 1.165) is 14.2 Å². The molecule has 17 heavy (non-hydrogen) atoms. The van der Waals surface area contributed by atoms with Gasteiger partial charge in [0.25, 0.3) is 0 Å². The maximum Gasteiger partial charge on any atom is 0.179 e. The Bertz CT molecular complexity index is 513. The van der Waals surface area contributed by atoms with Crippen molar-refractivity contribution < 1.29 is 4.39 Å². The summed E-state index contributed by atoms with van der Waals surface area (Å²) in [5.74, 6) is -0.207. The lowest BCUT2D eigenvalue weighted by Crippen LogP contribution is -2.05. The first-order chi connectivity index (χ1) is 8.20. The van der Waals surface area contributed by atoms with Crippen LogP contribution in [0.2, 0.25) is 0 Å². The molecule has 6 heteroatoms. The Balaban J connectivity index is 2.28. The van der Waals surface area contributed by atoms with E-state index in [1.165, 1.54) is 29.2 Å². The van der Waals surface area contributed by atoms with Crippen LogP contribution in [0.5, 0.6) is 0 Å². The van der Waals surface area contributed by atoms with Crippen molar-refractivity contribution in [1.82, 2.24) is 10.2 Å². The van der Waals surface area contributed by atoms with Gasteiger partial charge in [0.05, 0.1) is 0 Å². The molecule has 0 aliphatic heterocycles.